The Bertz CT molecular complexity index is 417. The van der Waals surface area contributed by atoms with Crippen molar-refractivity contribution in [1.29, 1.82) is 0 Å². The average molecular weight is 327 g/mol. The lowest BCUT2D eigenvalue weighted by atomic mass is 9.77. The molecule has 0 saturated heterocycles. The van der Waals surface area contributed by atoms with E-state index in [2.05, 4.69) is 34.3 Å². The van der Waals surface area contributed by atoms with Gasteiger partial charge in [0.15, 0.2) is 0 Å². The minimum absolute atomic E-state index is 0.192. The predicted octanol–water partition coefficient (Wildman–Crippen LogP) is 3.79. The molecule has 0 radical (unpaired) electrons. The third-order valence-electron chi connectivity index (χ3n) is 4.25. The van der Waals surface area contributed by atoms with Gasteiger partial charge in [0.1, 0.15) is 5.75 Å². The van der Waals surface area contributed by atoms with Gasteiger partial charge in [-0.05, 0) is 48.4 Å². The van der Waals surface area contributed by atoms with Crippen LogP contribution in [0, 0.1) is 11.8 Å². The van der Waals surface area contributed by atoms with Crippen LogP contribution in [0.1, 0.15) is 44.2 Å². The standard InChI is InChI=1S/C15H23BrN2O/c1-10-3-5-11(6-4-10)15(18-17)13-9-12(19-2)7-8-14(13)16/h7-11,15,18H,3-6,17H2,1-2H3. The van der Waals surface area contributed by atoms with Crippen LogP contribution in [0.15, 0.2) is 22.7 Å². The Labute approximate surface area is 124 Å². The molecule has 3 N–H and O–H groups in total. The van der Waals surface area contributed by atoms with Crippen molar-refractivity contribution in [1.82, 2.24) is 5.43 Å². The highest BCUT2D eigenvalue weighted by Crippen LogP contribution is 2.39. The Morgan fingerprint density at radius 1 is 1.32 bits per heavy atom. The van der Waals surface area contributed by atoms with Crippen LogP contribution in [0.4, 0.5) is 0 Å². The Hall–Kier alpha value is -0.580. The molecule has 1 unspecified atom stereocenters. The summed E-state index contributed by atoms with van der Waals surface area (Å²) in [6.45, 7) is 2.34. The summed E-state index contributed by atoms with van der Waals surface area (Å²) in [5.74, 6) is 8.15. The van der Waals surface area contributed by atoms with Crippen molar-refractivity contribution in [2.24, 2.45) is 17.7 Å². The minimum Gasteiger partial charge on any atom is -0.497 e. The summed E-state index contributed by atoms with van der Waals surface area (Å²) in [5.41, 5.74) is 4.21. The number of hydrogen-bond donors (Lipinski definition) is 2. The van der Waals surface area contributed by atoms with E-state index in [1.165, 1.54) is 31.2 Å². The maximum atomic E-state index is 5.82. The third kappa shape index (κ3) is 3.50. The number of methoxy groups -OCH3 is 1. The number of benzene rings is 1. The van der Waals surface area contributed by atoms with Gasteiger partial charge in [-0.3, -0.25) is 11.3 Å². The number of hydrogen-bond acceptors (Lipinski definition) is 3. The fraction of sp³-hybridized carbons (Fsp3) is 0.600. The normalized spacial score (nSPS) is 25.1. The monoisotopic (exact) mass is 326 g/mol. The van der Waals surface area contributed by atoms with Crippen LogP contribution in [0.2, 0.25) is 0 Å². The molecule has 106 valence electrons. The zero-order valence-electron chi connectivity index (χ0n) is 11.7. The van der Waals surface area contributed by atoms with Crippen LogP contribution >= 0.6 is 15.9 Å². The molecule has 1 fully saturated rings. The first kappa shape index (κ1) is 14.8. The van der Waals surface area contributed by atoms with Gasteiger partial charge in [-0.1, -0.05) is 35.7 Å². The van der Waals surface area contributed by atoms with Gasteiger partial charge in [0.05, 0.1) is 13.2 Å². The van der Waals surface area contributed by atoms with E-state index in [1.807, 2.05) is 12.1 Å². The smallest absolute Gasteiger partial charge is 0.119 e. The lowest BCUT2D eigenvalue weighted by molar-refractivity contribution is 0.231. The topological polar surface area (TPSA) is 47.3 Å². The number of ether oxygens (including phenoxy) is 1. The summed E-state index contributed by atoms with van der Waals surface area (Å²) in [6, 6.07) is 6.26. The number of nitrogens with one attached hydrogen (secondary N) is 1. The van der Waals surface area contributed by atoms with Crippen LogP contribution in [-0.2, 0) is 0 Å². The molecule has 1 aromatic rings. The van der Waals surface area contributed by atoms with Gasteiger partial charge in [0.2, 0.25) is 0 Å². The van der Waals surface area contributed by atoms with Crippen molar-refractivity contribution >= 4 is 15.9 Å². The molecule has 4 heteroatoms. The van der Waals surface area contributed by atoms with E-state index < -0.39 is 0 Å². The van der Waals surface area contributed by atoms with Crippen molar-refractivity contribution in [3.05, 3.63) is 28.2 Å². The second-order valence-electron chi connectivity index (χ2n) is 5.55. The molecular formula is C15H23BrN2O. The van der Waals surface area contributed by atoms with Crippen LogP contribution in [-0.4, -0.2) is 7.11 Å². The lowest BCUT2D eigenvalue weighted by Crippen LogP contribution is -2.35. The van der Waals surface area contributed by atoms with Gasteiger partial charge in [0.25, 0.3) is 0 Å². The summed E-state index contributed by atoms with van der Waals surface area (Å²) >= 11 is 3.63. The van der Waals surface area contributed by atoms with Gasteiger partial charge in [-0.15, -0.1) is 0 Å². The van der Waals surface area contributed by atoms with Crippen LogP contribution in [0.5, 0.6) is 5.75 Å². The van der Waals surface area contributed by atoms with Gasteiger partial charge in [-0.25, -0.2) is 0 Å². The Morgan fingerprint density at radius 3 is 2.58 bits per heavy atom. The molecule has 0 bridgehead atoms. The number of hydrazine groups is 1. The highest BCUT2D eigenvalue weighted by molar-refractivity contribution is 9.10. The Morgan fingerprint density at radius 2 is 2.00 bits per heavy atom. The molecule has 1 aromatic carbocycles. The largest absolute Gasteiger partial charge is 0.497 e. The molecule has 0 amide bonds. The van der Waals surface area contributed by atoms with Gasteiger partial charge in [-0.2, -0.15) is 0 Å². The summed E-state index contributed by atoms with van der Waals surface area (Å²) in [7, 11) is 1.69. The van der Waals surface area contributed by atoms with Crippen molar-refractivity contribution in [2.75, 3.05) is 7.11 Å². The molecule has 1 aliphatic rings. The van der Waals surface area contributed by atoms with E-state index in [9.17, 15) is 0 Å². The summed E-state index contributed by atoms with van der Waals surface area (Å²) in [6.07, 6.45) is 5.06. The molecule has 0 aliphatic heterocycles. The molecule has 1 atom stereocenters. The molecule has 0 spiro atoms. The molecule has 1 saturated carbocycles. The van der Waals surface area contributed by atoms with E-state index in [1.54, 1.807) is 7.11 Å². The van der Waals surface area contributed by atoms with Crippen molar-refractivity contribution in [3.63, 3.8) is 0 Å². The van der Waals surface area contributed by atoms with E-state index in [0.717, 1.165) is 16.1 Å². The zero-order chi connectivity index (χ0) is 13.8. The third-order valence-corrected chi connectivity index (χ3v) is 4.97. The first-order chi connectivity index (χ1) is 9.15. The fourth-order valence-corrected chi connectivity index (χ4v) is 3.48. The SMILES string of the molecule is COc1ccc(Br)c(C(NN)C2CCC(C)CC2)c1. The maximum absolute atomic E-state index is 5.82. The zero-order valence-corrected chi connectivity index (χ0v) is 13.2. The summed E-state index contributed by atoms with van der Waals surface area (Å²) < 4.78 is 6.41. The van der Waals surface area contributed by atoms with Crippen molar-refractivity contribution < 1.29 is 4.74 Å². The van der Waals surface area contributed by atoms with Gasteiger partial charge < -0.3 is 4.74 Å². The first-order valence-corrected chi connectivity index (χ1v) is 7.74. The lowest BCUT2D eigenvalue weighted by Gasteiger charge is -2.33. The van der Waals surface area contributed by atoms with Crippen LogP contribution in [0.3, 0.4) is 0 Å². The van der Waals surface area contributed by atoms with Crippen molar-refractivity contribution in [2.45, 2.75) is 38.6 Å². The van der Waals surface area contributed by atoms with E-state index >= 15 is 0 Å². The fourth-order valence-electron chi connectivity index (χ4n) is 2.99. The number of halogens is 1. The average Bonchev–Trinajstić information content (AvgIpc) is 2.43. The first-order valence-electron chi connectivity index (χ1n) is 6.95. The molecule has 19 heavy (non-hydrogen) atoms. The van der Waals surface area contributed by atoms with Crippen LogP contribution in [0.25, 0.3) is 0 Å². The highest BCUT2D eigenvalue weighted by Gasteiger charge is 2.28. The predicted molar refractivity (Wildman–Crippen MR) is 81.9 cm³/mol. The molecule has 1 aliphatic carbocycles. The second kappa shape index (κ2) is 6.73. The van der Waals surface area contributed by atoms with Gasteiger partial charge in [0, 0.05) is 4.47 Å². The highest BCUT2D eigenvalue weighted by atomic mass is 79.9. The maximum Gasteiger partial charge on any atom is 0.119 e. The molecule has 3 nitrogen and oxygen atoms in total. The summed E-state index contributed by atoms with van der Waals surface area (Å²) in [4.78, 5) is 0. The van der Waals surface area contributed by atoms with E-state index in [-0.39, 0.29) is 6.04 Å². The molecule has 0 heterocycles. The molecule has 0 aromatic heterocycles. The Kier molecular flexibility index (Phi) is 5.25. The second-order valence-corrected chi connectivity index (χ2v) is 6.41. The van der Waals surface area contributed by atoms with E-state index in [4.69, 9.17) is 10.6 Å². The molecule has 2 rings (SSSR count). The number of rotatable bonds is 4. The quantitative estimate of drug-likeness (QED) is 0.653. The number of nitrogens with two attached hydrogens (primary N) is 1. The van der Waals surface area contributed by atoms with E-state index in [0.29, 0.717) is 5.92 Å². The van der Waals surface area contributed by atoms with Crippen LogP contribution < -0.4 is 16.0 Å². The van der Waals surface area contributed by atoms with Gasteiger partial charge >= 0.3 is 0 Å². The van der Waals surface area contributed by atoms with Crippen molar-refractivity contribution in [3.8, 4) is 5.75 Å². The summed E-state index contributed by atoms with van der Waals surface area (Å²) in [5, 5.41) is 0. The molecular weight excluding hydrogens is 304 g/mol. The Balaban J connectivity index is 2.21. The minimum atomic E-state index is 0.192.